The van der Waals surface area contributed by atoms with E-state index in [0.29, 0.717) is 0 Å². The van der Waals surface area contributed by atoms with Crippen molar-refractivity contribution in [1.29, 1.82) is 0 Å². The Morgan fingerprint density at radius 3 is 2.00 bits per heavy atom. The number of hydrogen-bond acceptors (Lipinski definition) is 2. The summed E-state index contributed by atoms with van der Waals surface area (Å²) in [4.78, 5) is 11.7. The predicted molar refractivity (Wildman–Crippen MR) is 34.2 cm³/mol. The molecule has 8 heavy (non-hydrogen) atoms. The van der Waals surface area contributed by atoms with E-state index in [1.807, 2.05) is 0 Å². The lowest BCUT2D eigenvalue weighted by atomic mass is 10.6. The van der Waals surface area contributed by atoms with E-state index in [-0.39, 0.29) is 0 Å². The monoisotopic (exact) mass is 155 g/mol. The fraction of sp³-hybridized carbons (Fsp3) is 0.750. The number of nitrogens with zero attached hydrogens (tertiary/aromatic N) is 1. The van der Waals surface area contributed by atoms with E-state index in [0.717, 1.165) is 0 Å². The highest BCUT2D eigenvalue weighted by atomic mass is 35.5. The molecule has 0 saturated carbocycles. The standard InChI is InChI=1S/C4H7Cl2NO/c1-7(2)3(5)4(6)8/h3H,1-2H3. The zero-order chi connectivity index (χ0) is 6.73. The van der Waals surface area contributed by atoms with Crippen molar-refractivity contribution in [3.8, 4) is 0 Å². The summed E-state index contributed by atoms with van der Waals surface area (Å²) in [5.41, 5.74) is -0.698. The van der Waals surface area contributed by atoms with Crippen molar-refractivity contribution < 1.29 is 4.79 Å². The molecule has 48 valence electrons. The van der Waals surface area contributed by atoms with Gasteiger partial charge in [-0.3, -0.25) is 9.69 Å². The van der Waals surface area contributed by atoms with Crippen LogP contribution in [0.3, 0.4) is 0 Å². The fourth-order valence-electron chi connectivity index (χ4n) is 0.203. The zero-order valence-corrected chi connectivity index (χ0v) is 6.20. The van der Waals surface area contributed by atoms with Gasteiger partial charge >= 0.3 is 0 Å². The van der Waals surface area contributed by atoms with Crippen molar-refractivity contribution in [1.82, 2.24) is 4.90 Å². The van der Waals surface area contributed by atoms with E-state index in [4.69, 9.17) is 23.2 Å². The molecule has 0 spiro atoms. The van der Waals surface area contributed by atoms with Crippen LogP contribution in [-0.4, -0.2) is 29.7 Å². The van der Waals surface area contributed by atoms with E-state index >= 15 is 0 Å². The lowest BCUT2D eigenvalue weighted by molar-refractivity contribution is -0.113. The Hall–Kier alpha value is 0.210. The molecule has 0 aliphatic rings. The number of alkyl halides is 1. The molecule has 0 heterocycles. The van der Waals surface area contributed by atoms with Crippen LogP contribution < -0.4 is 0 Å². The molecular weight excluding hydrogens is 149 g/mol. The van der Waals surface area contributed by atoms with E-state index < -0.39 is 10.7 Å². The first-order valence-corrected chi connectivity index (χ1v) is 2.87. The summed E-state index contributed by atoms with van der Waals surface area (Å²) >= 11 is 10.4. The van der Waals surface area contributed by atoms with E-state index in [2.05, 4.69) is 0 Å². The first-order valence-electron chi connectivity index (χ1n) is 2.05. The minimum Gasteiger partial charge on any atom is -0.286 e. The first-order chi connectivity index (χ1) is 3.55. The van der Waals surface area contributed by atoms with Crippen LogP contribution in [0.4, 0.5) is 0 Å². The molecule has 2 nitrogen and oxygen atoms in total. The molecule has 0 fully saturated rings. The van der Waals surface area contributed by atoms with Gasteiger partial charge in [0.1, 0.15) is 0 Å². The van der Waals surface area contributed by atoms with Crippen LogP contribution in [0.15, 0.2) is 0 Å². The van der Waals surface area contributed by atoms with Crippen molar-refractivity contribution in [2.75, 3.05) is 14.1 Å². The van der Waals surface area contributed by atoms with Crippen LogP contribution in [-0.2, 0) is 4.79 Å². The fourth-order valence-corrected chi connectivity index (χ4v) is 0.398. The second kappa shape index (κ2) is 3.28. The Morgan fingerprint density at radius 2 is 2.00 bits per heavy atom. The molecule has 0 aromatic carbocycles. The Kier molecular flexibility index (Phi) is 3.36. The summed E-state index contributed by atoms with van der Waals surface area (Å²) in [7, 11) is 3.36. The lowest BCUT2D eigenvalue weighted by Gasteiger charge is -2.11. The largest absolute Gasteiger partial charge is 0.286 e. The van der Waals surface area contributed by atoms with Gasteiger partial charge in [-0.15, -0.1) is 0 Å². The Morgan fingerprint density at radius 1 is 1.62 bits per heavy atom. The number of likely N-dealkylation sites (N-methyl/N-ethyl adjacent to an activating group) is 1. The van der Waals surface area contributed by atoms with Crippen LogP contribution >= 0.6 is 23.2 Å². The van der Waals surface area contributed by atoms with Gasteiger partial charge in [0, 0.05) is 0 Å². The second-order valence-electron chi connectivity index (χ2n) is 1.60. The molecule has 0 aromatic rings. The molecule has 1 unspecified atom stereocenters. The number of carbonyl (C=O) groups is 1. The number of rotatable bonds is 2. The van der Waals surface area contributed by atoms with Gasteiger partial charge in [-0.2, -0.15) is 0 Å². The molecule has 0 aliphatic carbocycles. The van der Waals surface area contributed by atoms with Crippen LogP contribution in [0.1, 0.15) is 0 Å². The van der Waals surface area contributed by atoms with Gasteiger partial charge in [0.25, 0.3) is 5.24 Å². The zero-order valence-electron chi connectivity index (χ0n) is 4.69. The molecule has 1 atom stereocenters. The Balaban J connectivity index is 3.64. The molecule has 0 aromatic heterocycles. The molecule has 0 rings (SSSR count). The van der Waals surface area contributed by atoms with E-state index in [1.165, 1.54) is 4.90 Å². The summed E-state index contributed by atoms with van der Waals surface area (Å²) in [6.45, 7) is 0. The van der Waals surface area contributed by atoms with Gasteiger partial charge in [-0.1, -0.05) is 11.6 Å². The van der Waals surface area contributed by atoms with Crippen molar-refractivity contribution in [3.05, 3.63) is 0 Å². The topological polar surface area (TPSA) is 20.3 Å². The third kappa shape index (κ3) is 2.50. The predicted octanol–water partition coefficient (Wildman–Crippen LogP) is 0.878. The van der Waals surface area contributed by atoms with Gasteiger partial charge < -0.3 is 0 Å². The maximum absolute atomic E-state index is 10.2. The average Bonchev–Trinajstić information content (AvgIpc) is 1.64. The van der Waals surface area contributed by atoms with Crippen molar-refractivity contribution >= 4 is 28.4 Å². The third-order valence-corrected chi connectivity index (χ3v) is 1.55. The van der Waals surface area contributed by atoms with Gasteiger partial charge in [-0.25, -0.2) is 0 Å². The van der Waals surface area contributed by atoms with Crippen molar-refractivity contribution in [3.63, 3.8) is 0 Å². The molecule has 0 saturated heterocycles. The van der Waals surface area contributed by atoms with Gasteiger partial charge in [0.05, 0.1) is 0 Å². The van der Waals surface area contributed by atoms with Gasteiger partial charge in [0.2, 0.25) is 0 Å². The summed E-state index contributed by atoms with van der Waals surface area (Å²) in [6.07, 6.45) is 0. The number of halogens is 2. The number of carbonyl (C=O) groups excluding carboxylic acids is 1. The smallest absolute Gasteiger partial charge is 0.254 e. The molecule has 0 radical (unpaired) electrons. The van der Waals surface area contributed by atoms with Crippen LogP contribution in [0.2, 0.25) is 0 Å². The maximum atomic E-state index is 10.2. The highest BCUT2D eigenvalue weighted by Gasteiger charge is 2.13. The van der Waals surface area contributed by atoms with Crippen LogP contribution in [0, 0.1) is 0 Å². The normalized spacial score (nSPS) is 14.1. The third-order valence-electron chi connectivity index (χ3n) is 0.641. The second-order valence-corrected chi connectivity index (χ2v) is 2.39. The minimum absolute atomic E-state index is 0.545. The SMILES string of the molecule is CN(C)C(Cl)C(=O)Cl. The lowest BCUT2D eigenvalue weighted by Crippen LogP contribution is -2.27. The average molecular weight is 156 g/mol. The molecule has 4 heteroatoms. The minimum atomic E-state index is -0.698. The van der Waals surface area contributed by atoms with Crippen molar-refractivity contribution in [2.45, 2.75) is 5.50 Å². The molecular formula is C4H7Cl2NO. The first kappa shape index (κ1) is 8.21. The summed E-state index contributed by atoms with van der Waals surface area (Å²) in [6, 6.07) is 0. The Bertz CT molecular complexity index is 94.0. The van der Waals surface area contributed by atoms with Crippen LogP contribution in [0.5, 0.6) is 0 Å². The molecule has 0 aliphatic heterocycles. The van der Waals surface area contributed by atoms with Crippen LogP contribution in [0.25, 0.3) is 0 Å². The van der Waals surface area contributed by atoms with E-state index in [1.54, 1.807) is 14.1 Å². The maximum Gasteiger partial charge on any atom is 0.254 e. The highest BCUT2D eigenvalue weighted by Crippen LogP contribution is 2.02. The van der Waals surface area contributed by atoms with Crippen molar-refractivity contribution in [2.24, 2.45) is 0 Å². The quantitative estimate of drug-likeness (QED) is 0.336. The Labute approximate surface area is 58.4 Å². The molecule has 0 bridgehead atoms. The molecule has 0 amide bonds. The highest BCUT2D eigenvalue weighted by molar-refractivity contribution is 6.68. The van der Waals surface area contributed by atoms with E-state index in [9.17, 15) is 4.79 Å². The summed E-state index contributed by atoms with van der Waals surface area (Å²) in [5, 5.41) is -0.545. The summed E-state index contributed by atoms with van der Waals surface area (Å²) in [5.74, 6) is 0. The number of hydrogen-bond donors (Lipinski definition) is 0. The molecule has 0 N–H and O–H groups in total. The van der Waals surface area contributed by atoms with Gasteiger partial charge in [-0.05, 0) is 25.7 Å². The van der Waals surface area contributed by atoms with Gasteiger partial charge in [0.15, 0.2) is 5.50 Å². The summed E-state index contributed by atoms with van der Waals surface area (Å²) < 4.78 is 0.